The molecule has 0 atom stereocenters. The number of thiocarbonyl (C=S) groups is 1. The van der Waals surface area contributed by atoms with Crippen molar-refractivity contribution in [3.8, 4) is 0 Å². The lowest BCUT2D eigenvalue weighted by Crippen LogP contribution is -2.30. The van der Waals surface area contributed by atoms with Gasteiger partial charge in [-0.15, -0.1) is 0 Å². The zero-order valence-electron chi connectivity index (χ0n) is 14.4. The number of rotatable bonds is 4. The van der Waals surface area contributed by atoms with Crippen molar-refractivity contribution in [3.05, 3.63) is 87.8 Å². The highest BCUT2D eigenvalue weighted by molar-refractivity contribution is 8.26. The summed E-state index contributed by atoms with van der Waals surface area (Å²) in [6.45, 7) is 0.569. The highest BCUT2D eigenvalue weighted by Crippen LogP contribution is 2.34. The van der Waals surface area contributed by atoms with E-state index in [9.17, 15) is 4.79 Å². The predicted octanol–water partition coefficient (Wildman–Crippen LogP) is 5.94. The van der Waals surface area contributed by atoms with E-state index in [1.807, 2.05) is 54.6 Å². The van der Waals surface area contributed by atoms with Crippen molar-refractivity contribution in [1.29, 1.82) is 0 Å². The van der Waals surface area contributed by atoms with Crippen LogP contribution in [-0.4, -0.2) is 21.7 Å². The Morgan fingerprint density at radius 1 is 1.00 bits per heavy atom. The van der Waals surface area contributed by atoms with E-state index < -0.39 is 0 Å². The van der Waals surface area contributed by atoms with Gasteiger partial charge in [0.1, 0.15) is 4.32 Å². The van der Waals surface area contributed by atoms with Crippen LogP contribution in [0.5, 0.6) is 0 Å². The Balaban J connectivity index is 1.55. The molecule has 2 nitrogen and oxygen atoms in total. The maximum Gasteiger partial charge on any atom is 0.266 e. The summed E-state index contributed by atoms with van der Waals surface area (Å²) < 4.78 is 0.612. The maximum atomic E-state index is 12.9. The first-order valence-corrected chi connectivity index (χ1v) is 10.2. The average Bonchev–Trinajstić information content (AvgIpc) is 2.95. The van der Waals surface area contributed by atoms with Crippen molar-refractivity contribution < 1.29 is 4.79 Å². The molecule has 1 aliphatic heterocycles. The van der Waals surface area contributed by atoms with Gasteiger partial charge in [-0.05, 0) is 46.5 Å². The molecule has 0 bridgehead atoms. The van der Waals surface area contributed by atoms with Gasteiger partial charge in [0.05, 0.1) is 4.91 Å². The number of thioether (sulfide) groups is 1. The summed E-state index contributed by atoms with van der Waals surface area (Å²) in [7, 11) is 0. The fourth-order valence-corrected chi connectivity index (χ4v) is 4.53. The number of nitrogens with zero attached hydrogens (tertiary/aromatic N) is 1. The lowest BCUT2D eigenvalue weighted by atomic mass is 10.0. The van der Waals surface area contributed by atoms with Gasteiger partial charge in [0, 0.05) is 11.6 Å². The summed E-state index contributed by atoms with van der Waals surface area (Å²) in [6.07, 6.45) is 2.69. The quantitative estimate of drug-likeness (QED) is 0.393. The van der Waals surface area contributed by atoms with Gasteiger partial charge in [-0.3, -0.25) is 9.69 Å². The summed E-state index contributed by atoms with van der Waals surface area (Å²) in [6, 6.07) is 22.0. The van der Waals surface area contributed by atoms with Crippen molar-refractivity contribution >= 4 is 62.7 Å². The second-order valence-corrected chi connectivity index (χ2v) is 8.39. The number of hydrogen-bond donors (Lipinski definition) is 0. The molecule has 134 valence electrons. The maximum absolute atomic E-state index is 12.9. The first-order chi connectivity index (χ1) is 13.1. The molecule has 3 aromatic carbocycles. The van der Waals surface area contributed by atoms with Crippen LogP contribution < -0.4 is 0 Å². The molecule has 0 unspecified atom stereocenters. The van der Waals surface area contributed by atoms with Crippen molar-refractivity contribution in [2.45, 2.75) is 6.42 Å². The molecule has 0 spiro atoms. The molecule has 0 aliphatic carbocycles. The fourth-order valence-electron chi connectivity index (χ4n) is 3.10. The third-order valence-electron chi connectivity index (χ3n) is 4.52. The van der Waals surface area contributed by atoms with Gasteiger partial charge in [-0.25, -0.2) is 0 Å². The van der Waals surface area contributed by atoms with Crippen LogP contribution >= 0.6 is 35.6 Å². The number of carbonyl (C=O) groups is 1. The van der Waals surface area contributed by atoms with Gasteiger partial charge in [-0.1, -0.05) is 90.2 Å². The number of carbonyl (C=O) groups excluding carboxylic acids is 1. The molecular weight excluding hydrogens is 394 g/mol. The fraction of sp³-hybridized carbons (Fsp3) is 0.0909. The monoisotopic (exact) mass is 409 g/mol. The minimum atomic E-state index is -0.0214. The number of benzene rings is 3. The largest absolute Gasteiger partial charge is 0.293 e. The van der Waals surface area contributed by atoms with E-state index in [0.29, 0.717) is 20.8 Å². The van der Waals surface area contributed by atoms with Crippen molar-refractivity contribution in [3.63, 3.8) is 0 Å². The Kier molecular flexibility index (Phi) is 5.30. The summed E-state index contributed by atoms with van der Waals surface area (Å²) >= 11 is 12.7. The zero-order chi connectivity index (χ0) is 18.8. The second-order valence-electron chi connectivity index (χ2n) is 6.28. The molecule has 1 saturated heterocycles. The summed E-state index contributed by atoms with van der Waals surface area (Å²) in [5.41, 5.74) is 2.16. The van der Waals surface area contributed by atoms with Gasteiger partial charge in [0.15, 0.2) is 0 Å². The minimum Gasteiger partial charge on any atom is -0.293 e. The smallest absolute Gasteiger partial charge is 0.266 e. The minimum absolute atomic E-state index is 0.0214. The first kappa shape index (κ1) is 18.2. The van der Waals surface area contributed by atoms with Gasteiger partial charge in [0.2, 0.25) is 0 Å². The van der Waals surface area contributed by atoms with E-state index in [-0.39, 0.29) is 5.91 Å². The van der Waals surface area contributed by atoms with Gasteiger partial charge >= 0.3 is 0 Å². The van der Waals surface area contributed by atoms with E-state index in [0.717, 1.165) is 28.3 Å². The summed E-state index contributed by atoms with van der Waals surface area (Å²) in [5, 5.41) is 3.00. The standard InChI is InChI=1S/C22H16ClNOS2/c23-18-10-8-15(9-11-18)12-13-24-21(25)20(27-22(24)26)14-17-6-3-5-16-4-1-2-7-19(16)17/h1-11,14H,12-13H2. The molecule has 0 aromatic heterocycles. The van der Waals surface area contributed by atoms with Crippen LogP contribution in [0.3, 0.4) is 0 Å². The van der Waals surface area contributed by atoms with Gasteiger partial charge in [0.25, 0.3) is 5.91 Å². The Hall–Kier alpha value is -2.14. The van der Waals surface area contributed by atoms with Crippen LogP contribution in [0.2, 0.25) is 5.02 Å². The average molecular weight is 410 g/mol. The Labute approximate surface area is 172 Å². The molecule has 0 radical (unpaired) electrons. The number of fused-ring (bicyclic) bond motifs is 1. The molecule has 3 aromatic rings. The van der Waals surface area contributed by atoms with Crippen LogP contribution in [0.15, 0.2) is 71.6 Å². The highest BCUT2D eigenvalue weighted by Gasteiger charge is 2.31. The molecule has 0 saturated carbocycles. The molecule has 1 amide bonds. The lowest BCUT2D eigenvalue weighted by Gasteiger charge is -2.14. The zero-order valence-corrected chi connectivity index (χ0v) is 16.8. The Morgan fingerprint density at radius 2 is 1.74 bits per heavy atom. The van der Waals surface area contributed by atoms with Crippen LogP contribution in [0, 0.1) is 0 Å². The third kappa shape index (κ3) is 3.93. The SMILES string of the molecule is O=C1C(=Cc2cccc3ccccc23)SC(=S)N1CCc1ccc(Cl)cc1. The highest BCUT2D eigenvalue weighted by atomic mass is 35.5. The molecule has 27 heavy (non-hydrogen) atoms. The Morgan fingerprint density at radius 3 is 2.56 bits per heavy atom. The number of halogens is 1. The van der Waals surface area contributed by atoms with E-state index in [2.05, 4.69) is 18.2 Å². The molecule has 1 heterocycles. The predicted molar refractivity (Wildman–Crippen MR) is 119 cm³/mol. The second kappa shape index (κ2) is 7.85. The summed E-state index contributed by atoms with van der Waals surface area (Å²) in [5.74, 6) is -0.0214. The van der Waals surface area contributed by atoms with Crippen LogP contribution in [0.25, 0.3) is 16.8 Å². The molecule has 1 aliphatic rings. The molecule has 0 N–H and O–H groups in total. The molecular formula is C22H16ClNOS2. The topological polar surface area (TPSA) is 20.3 Å². The van der Waals surface area contributed by atoms with Crippen LogP contribution in [0.4, 0.5) is 0 Å². The van der Waals surface area contributed by atoms with Gasteiger partial charge < -0.3 is 0 Å². The van der Waals surface area contributed by atoms with Crippen LogP contribution in [-0.2, 0) is 11.2 Å². The number of amides is 1. The molecule has 1 fully saturated rings. The Bertz CT molecular complexity index is 1050. The van der Waals surface area contributed by atoms with Crippen molar-refractivity contribution in [1.82, 2.24) is 4.90 Å². The van der Waals surface area contributed by atoms with Crippen molar-refractivity contribution in [2.75, 3.05) is 6.54 Å². The summed E-state index contributed by atoms with van der Waals surface area (Å²) in [4.78, 5) is 15.2. The van der Waals surface area contributed by atoms with Crippen molar-refractivity contribution in [2.24, 2.45) is 0 Å². The third-order valence-corrected chi connectivity index (χ3v) is 6.15. The van der Waals surface area contributed by atoms with E-state index in [1.165, 1.54) is 11.8 Å². The molecule has 4 rings (SSSR count). The van der Waals surface area contributed by atoms with Crippen LogP contribution in [0.1, 0.15) is 11.1 Å². The first-order valence-electron chi connectivity index (χ1n) is 8.59. The van der Waals surface area contributed by atoms with E-state index in [1.54, 1.807) is 4.90 Å². The lowest BCUT2D eigenvalue weighted by molar-refractivity contribution is -0.122. The normalized spacial score (nSPS) is 15.9. The van der Waals surface area contributed by atoms with Gasteiger partial charge in [-0.2, -0.15) is 0 Å². The number of hydrogen-bond acceptors (Lipinski definition) is 3. The van der Waals surface area contributed by atoms with E-state index in [4.69, 9.17) is 23.8 Å². The van der Waals surface area contributed by atoms with E-state index >= 15 is 0 Å². The molecule has 5 heteroatoms.